The lowest BCUT2D eigenvalue weighted by molar-refractivity contribution is -0.393. The number of ether oxygens (including phenoxy) is 1. The number of anilines is 1. The van der Waals surface area contributed by atoms with Crippen LogP contribution in [0.15, 0.2) is 18.2 Å². The average molecular weight is 394 g/mol. The predicted octanol–water partition coefficient (Wildman–Crippen LogP) is 1.79. The molecule has 152 valence electrons. The minimum absolute atomic E-state index is 0.0467. The first-order valence-corrected chi connectivity index (χ1v) is 8.83. The van der Waals surface area contributed by atoms with E-state index in [1.54, 1.807) is 0 Å². The van der Waals surface area contributed by atoms with E-state index in [0.717, 1.165) is 12.1 Å². The number of hydrogen-bond acceptors (Lipinski definition) is 8. The van der Waals surface area contributed by atoms with Gasteiger partial charge in [-0.2, -0.15) is 0 Å². The molecule has 0 saturated carbocycles. The maximum Gasteiger partial charge on any atom is 0.308 e. The number of nitrogens with one attached hydrogen (secondary N) is 1. The number of nitrogens with zero attached hydrogens (tertiary/aromatic N) is 3. The number of amides is 1. The number of rotatable bonds is 8. The van der Waals surface area contributed by atoms with Gasteiger partial charge in [0.2, 0.25) is 5.91 Å². The molecule has 11 nitrogen and oxygen atoms in total. The summed E-state index contributed by atoms with van der Waals surface area (Å²) in [7, 11) is 0. The molecular weight excluding hydrogens is 372 g/mol. The highest BCUT2D eigenvalue weighted by molar-refractivity contribution is 5.91. The normalized spacial score (nSPS) is 16.6. The number of non-ortho nitro benzene ring substituents is 1. The molecule has 0 spiro atoms. The Balaban J connectivity index is 2.26. The molecule has 1 fully saturated rings. The summed E-state index contributed by atoms with van der Waals surface area (Å²) in [5.74, 6) is -0.693. The molecule has 1 aliphatic rings. The fourth-order valence-corrected chi connectivity index (χ4v) is 2.85. The quantitative estimate of drug-likeness (QED) is 0.399. The van der Waals surface area contributed by atoms with Crippen LogP contribution in [0.1, 0.15) is 26.7 Å². The summed E-state index contributed by atoms with van der Waals surface area (Å²) in [6.07, 6.45) is 0.401. The van der Waals surface area contributed by atoms with Gasteiger partial charge in [-0.05, 0) is 18.4 Å². The standard InChI is InChI=1S/C17H22N4O7/c1-11(2)5-8-28-16(22)10-15-17(23)18-6-7-19(15)13-4-3-12(20(24)25)9-14(13)21(26)27/h3-4,9,11,15H,5-8,10H2,1-2H3,(H,18,23). The lowest BCUT2D eigenvalue weighted by Crippen LogP contribution is -2.56. The number of nitro groups is 2. The van der Waals surface area contributed by atoms with Crippen LogP contribution in [-0.2, 0) is 14.3 Å². The molecule has 0 aromatic heterocycles. The fraction of sp³-hybridized carbons (Fsp3) is 0.529. The van der Waals surface area contributed by atoms with Gasteiger partial charge < -0.3 is 15.0 Å². The summed E-state index contributed by atoms with van der Waals surface area (Å²) in [4.78, 5) is 46.7. The van der Waals surface area contributed by atoms with E-state index in [1.807, 2.05) is 13.8 Å². The van der Waals surface area contributed by atoms with Gasteiger partial charge in [-0.25, -0.2) is 0 Å². The van der Waals surface area contributed by atoms with Gasteiger partial charge in [-0.15, -0.1) is 0 Å². The van der Waals surface area contributed by atoms with E-state index in [-0.39, 0.29) is 31.8 Å². The SMILES string of the molecule is CC(C)CCOC(=O)CC1C(=O)NCCN1c1ccc([N+](=O)[O-])cc1[N+](=O)[O-]. The van der Waals surface area contributed by atoms with Gasteiger partial charge >= 0.3 is 5.97 Å². The molecule has 2 rings (SSSR count). The second kappa shape index (κ2) is 9.11. The molecule has 28 heavy (non-hydrogen) atoms. The van der Waals surface area contributed by atoms with E-state index in [1.165, 1.54) is 11.0 Å². The lowest BCUT2D eigenvalue weighted by Gasteiger charge is -2.35. The van der Waals surface area contributed by atoms with Crippen molar-refractivity contribution in [3.63, 3.8) is 0 Å². The Hall–Kier alpha value is -3.24. The van der Waals surface area contributed by atoms with E-state index in [9.17, 15) is 29.8 Å². The Bertz CT molecular complexity index is 781. The van der Waals surface area contributed by atoms with E-state index >= 15 is 0 Å². The fourth-order valence-electron chi connectivity index (χ4n) is 2.85. The summed E-state index contributed by atoms with van der Waals surface area (Å²) in [6.45, 7) is 4.64. The second-order valence-corrected chi connectivity index (χ2v) is 6.79. The van der Waals surface area contributed by atoms with Crippen LogP contribution in [0.3, 0.4) is 0 Å². The minimum atomic E-state index is -1.000. The maximum absolute atomic E-state index is 12.3. The summed E-state index contributed by atoms with van der Waals surface area (Å²) >= 11 is 0. The Morgan fingerprint density at radius 3 is 2.64 bits per heavy atom. The van der Waals surface area contributed by atoms with E-state index in [2.05, 4.69) is 5.32 Å². The first-order chi connectivity index (χ1) is 13.2. The van der Waals surface area contributed by atoms with Crippen LogP contribution >= 0.6 is 0 Å². The third-order valence-electron chi connectivity index (χ3n) is 4.33. The van der Waals surface area contributed by atoms with Crippen LogP contribution in [-0.4, -0.2) is 47.5 Å². The van der Waals surface area contributed by atoms with Crippen LogP contribution in [0.5, 0.6) is 0 Å². The van der Waals surface area contributed by atoms with Crippen molar-refractivity contribution in [2.24, 2.45) is 5.92 Å². The molecule has 1 atom stereocenters. The molecule has 1 unspecified atom stereocenters. The minimum Gasteiger partial charge on any atom is -0.466 e. The molecule has 1 aromatic carbocycles. The highest BCUT2D eigenvalue weighted by Gasteiger charge is 2.36. The number of esters is 1. The molecule has 1 amide bonds. The van der Waals surface area contributed by atoms with E-state index in [4.69, 9.17) is 4.74 Å². The Morgan fingerprint density at radius 2 is 2.04 bits per heavy atom. The van der Waals surface area contributed by atoms with Crippen molar-refractivity contribution in [3.8, 4) is 0 Å². The van der Waals surface area contributed by atoms with Crippen molar-refractivity contribution < 1.29 is 24.2 Å². The monoisotopic (exact) mass is 394 g/mol. The third-order valence-corrected chi connectivity index (χ3v) is 4.33. The van der Waals surface area contributed by atoms with Crippen molar-refractivity contribution in [2.45, 2.75) is 32.7 Å². The molecule has 1 N–H and O–H groups in total. The molecule has 1 aromatic rings. The van der Waals surface area contributed by atoms with Crippen LogP contribution in [0.4, 0.5) is 17.1 Å². The maximum atomic E-state index is 12.3. The van der Waals surface area contributed by atoms with Gasteiger partial charge in [0.25, 0.3) is 11.4 Å². The summed E-state index contributed by atoms with van der Waals surface area (Å²) in [6, 6.07) is 2.21. The van der Waals surface area contributed by atoms with E-state index in [0.29, 0.717) is 12.3 Å². The molecular formula is C17H22N4O7. The third kappa shape index (κ3) is 5.15. The molecule has 0 bridgehead atoms. The van der Waals surface area contributed by atoms with Crippen molar-refractivity contribution >= 4 is 28.9 Å². The summed E-state index contributed by atoms with van der Waals surface area (Å²) < 4.78 is 5.15. The first-order valence-electron chi connectivity index (χ1n) is 8.83. The number of carbonyl (C=O) groups is 2. The zero-order valence-corrected chi connectivity index (χ0v) is 15.6. The highest BCUT2D eigenvalue weighted by Crippen LogP contribution is 2.34. The number of piperazine rings is 1. The number of carbonyl (C=O) groups excluding carboxylic acids is 2. The Kier molecular flexibility index (Phi) is 6.85. The predicted molar refractivity (Wildman–Crippen MR) is 98.9 cm³/mol. The molecule has 1 saturated heterocycles. The zero-order chi connectivity index (χ0) is 20.8. The van der Waals surface area contributed by atoms with Gasteiger partial charge in [0.1, 0.15) is 11.7 Å². The number of nitro benzene ring substituents is 2. The molecule has 1 heterocycles. The van der Waals surface area contributed by atoms with Crippen LogP contribution in [0, 0.1) is 26.1 Å². The van der Waals surface area contributed by atoms with Crippen molar-refractivity contribution in [1.82, 2.24) is 5.32 Å². The first kappa shape index (κ1) is 21.1. The topological polar surface area (TPSA) is 145 Å². The zero-order valence-electron chi connectivity index (χ0n) is 15.6. The van der Waals surface area contributed by atoms with Crippen molar-refractivity contribution in [3.05, 3.63) is 38.4 Å². The van der Waals surface area contributed by atoms with Crippen molar-refractivity contribution in [1.29, 1.82) is 0 Å². The van der Waals surface area contributed by atoms with Crippen LogP contribution in [0.25, 0.3) is 0 Å². The highest BCUT2D eigenvalue weighted by atomic mass is 16.6. The number of benzene rings is 1. The smallest absolute Gasteiger partial charge is 0.308 e. The van der Waals surface area contributed by atoms with Gasteiger partial charge in [0.15, 0.2) is 0 Å². The summed E-state index contributed by atoms with van der Waals surface area (Å²) in [5.41, 5.74) is -0.880. The van der Waals surface area contributed by atoms with Gasteiger partial charge in [0.05, 0.1) is 28.9 Å². The number of hydrogen-bond donors (Lipinski definition) is 1. The Labute approximate surface area is 160 Å². The molecule has 11 heteroatoms. The van der Waals surface area contributed by atoms with Gasteiger partial charge in [-0.3, -0.25) is 29.8 Å². The van der Waals surface area contributed by atoms with Gasteiger partial charge in [0, 0.05) is 19.2 Å². The molecule has 0 aliphatic carbocycles. The molecule has 0 radical (unpaired) electrons. The Morgan fingerprint density at radius 1 is 1.32 bits per heavy atom. The summed E-state index contributed by atoms with van der Waals surface area (Å²) in [5, 5.41) is 25.0. The molecule has 1 aliphatic heterocycles. The van der Waals surface area contributed by atoms with Gasteiger partial charge in [-0.1, -0.05) is 13.8 Å². The van der Waals surface area contributed by atoms with Crippen molar-refractivity contribution in [2.75, 3.05) is 24.6 Å². The largest absolute Gasteiger partial charge is 0.466 e. The van der Waals surface area contributed by atoms with E-state index < -0.39 is 39.1 Å². The van der Waals surface area contributed by atoms with Crippen LogP contribution in [0.2, 0.25) is 0 Å². The lowest BCUT2D eigenvalue weighted by atomic mass is 10.1. The average Bonchev–Trinajstić information content (AvgIpc) is 2.62. The second-order valence-electron chi connectivity index (χ2n) is 6.79. The van der Waals surface area contributed by atoms with Crippen LogP contribution < -0.4 is 10.2 Å².